The van der Waals surface area contributed by atoms with Crippen molar-refractivity contribution >= 4 is 11.8 Å². The number of rotatable bonds is 28. The summed E-state index contributed by atoms with van der Waals surface area (Å²) in [6.07, 6.45) is 24.4. The Kier molecular flexibility index (Phi) is 21.2. The molecule has 1 fully saturated rings. The van der Waals surface area contributed by atoms with Crippen molar-refractivity contribution in [2.75, 3.05) is 0 Å². The minimum Gasteiger partial charge on any atom is -0.455 e. The molecule has 7 heteroatoms. The molecule has 0 amide bonds. The van der Waals surface area contributed by atoms with E-state index in [9.17, 15) is 24.9 Å². The number of esters is 1. The fourth-order valence-electron chi connectivity index (χ4n) is 6.63. The minimum absolute atomic E-state index is 0.174. The van der Waals surface area contributed by atoms with Crippen LogP contribution in [0.15, 0.2) is 11.6 Å². The van der Waals surface area contributed by atoms with Gasteiger partial charge in [0.15, 0.2) is 0 Å². The van der Waals surface area contributed by atoms with Crippen LogP contribution in [0.25, 0.3) is 0 Å². The highest BCUT2D eigenvalue weighted by molar-refractivity contribution is 5.91. The van der Waals surface area contributed by atoms with E-state index in [2.05, 4.69) is 6.92 Å². The number of Topliss-reactive ketones (excluding diaryl/α,β-unsaturated/α-hetero) is 1. The van der Waals surface area contributed by atoms with Crippen LogP contribution in [0, 0.1) is 0 Å². The van der Waals surface area contributed by atoms with Gasteiger partial charge in [-0.05, 0) is 51.5 Å². The molecule has 0 aromatic heterocycles. The third kappa shape index (κ3) is 17.4. The molecular weight excluding hydrogens is 556 g/mol. The highest BCUT2D eigenvalue weighted by Gasteiger charge is 2.35. The van der Waals surface area contributed by atoms with Gasteiger partial charge >= 0.3 is 5.97 Å². The molecule has 0 aromatic carbocycles. The fourth-order valence-corrected chi connectivity index (χ4v) is 6.63. The topological polar surface area (TPSA) is 113 Å². The van der Waals surface area contributed by atoms with Crippen LogP contribution in [-0.2, 0) is 19.1 Å². The monoisotopic (exact) mass is 622 g/mol. The van der Waals surface area contributed by atoms with Gasteiger partial charge in [0, 0.05) is 24.8 Å². The molecule has 2 rings (SSSR count). The standard InChI is InChI=1S/C37H66O7/c1-3-4-5-6-7-8-9-13-16-19-22-33(40)35-25-26-36(44-35)34(41)28-32(39)21-18-15-12-10-11-14-17-20-31(38)24-23-30-27-29(2)43-37(30)42/h27,29,32-36,39-41H,3-26,28H2,1-2H3/t29-,32?,33-,34+,35+,36+/m0/s1. The van der Waals surface area contributed by atoms with Crippen LogP contribution in [0.4, 0.5) is 0 Å². The number of aliphatic hydroxyl groups excluding tert-OH is 3. The summed E-state index contributed by atoms with van der Waals surface area (Å²) in [4.78, 5) is 23.7. The van der Waals surface area contributed by atoms with Crippen molar-refractivity contribution < 1.29 is 34.4 Å². The Labute approximate surface area is 268 Å². The lowest BCUT2D eigenvalue weighted by molar-refractivity contribution is -0.139. The molecule has 6 atom stereocenters. The highest BCUT2D eigenvalue weighted by Crippen LogP contribution is 2.28. The first-order valence-electron chi connectivity index (χ1n) is 18.4. The van der Waals surface area contributed by atoms with Gasteiger partial charge in [-0.3, -0.25) is 4.79 Å². The largest absolute Gasteiger partial charge is 0.455 e. The number of aliphatic hydroxyl groups is 3. The van der Waals surface area contributed by atoms with Gasteiger partial charge in [0.25, 0.3) is 0 Å². The van der Waals surface area contributed by atoms with E-state index in [1.165, 1.54) is 51.4 Å². The molecule has 3 N–H and O–H groups in total. The second kappa shape index (κ2) is 24.0. The maximum atomic E-state index is 12.1. The molecule has 0 aliphatic carbocycles. The van der Waals surface area contributed by atoms with Crippen LogP contribution in [0.3, 0.4) is 0 Å². The molecule has 1 unspecified atom stereocenters. The molecule has 2 heterocycles. The van der Waals surface area contributed by atoms with Gasteiger partial charge in [-0.1, -0.05) is 110 Å². The summed E-state index contributed by atoms with van der Waals surface area (Å²) in [6.45, 7) is 4.08. The van der Waals surface area contributed by atoms with Crippen LogP contribution >= 0.6 is 0 Å². The molecule has 0 saturated carbocycles. The zero-order valence-electron chi connectivity index (χ0n) is 28.2. The number of carbonyl (C=O) groups excluding carboxylic acids is 2. The summed E-state index contributed by atoms with van der Waals surface area (Å²) in [5.41, 5.74) is 0.635. The lowest BCUT2D eigenvalue weighted by atomic mass is 9.98. The van der Waals surface area contributed by atoms with Crippen LogP contribution < -0.4 is 0 Å². The van der Waals surface area contributed by atoms with E-state index in [0.29, 0.717) is 37.7 Å². The molecule has 0 radical (unpaired) electrons. The number of carbonyl (C=O) groups is 2. The number of unbranched alkanes of at least 4 members (excludes halogenated alkanes) is 15. The molecular formula is C37H66O7. The molecule has 0 spiro atoms. The summed E-state index contributed by atoms with van der Waals surface area (Å²) in [7, 11) is 0. The average molecular weight is 623 g/mol. The second-order valence-corrected chi connectivity index (χ2v) is 13.6. The van der Waals surface area contributed by atoms with E-state index in [0.717, 1.165) is 77.0 Å². The Hall–Kier alpha value is -1.28. The Morgan fingerprint density at radius 1 is 0.750 bits per heavy atom. The first-order chi connectivity index (χ1) is 21.3. The third-order valence-electron chi connectivity index (χ3n) is 9.47. The van der Waals surface area contributed by atoms with Crippen molar-refractivity contribution in [2.45, 2.75) is 211 Å². The van der Waals surface area contributed by atoms with Crippen molar-refractivity contribution in [3.05, 3.63) is 11.6 Å². The normalized spacial score (nSPS) is 22.2. The summed E-state index contributed by atoms with van der Waals surface area (Å²) in [6, 6.07) is 0. The maximum Gasteiger partial charge on any atom is 0.334 e. The van der Waals surface area contributed by atoms with Crippen molar-refractivity contribution in [3.8, 4) is 0 Å². The Morgan fingerprint density at radius 2 is 1.27 bits per heavy atom. The molecule has 0 bridgehead atoms. The second-order valence-electron chi connectivity index (χ2n) is 13.6. The van der Waals surface area contributed by atoms with Crippen molar-refractivity contribution in [3.63, 3.8) is 0 Å². The van der Waals surface area contributed by atoms with E-state index in [-0.39, 0.29) is 30.1 Å². The highest BCUT2D eigenvalue weighted by atomic mass is 16.5. The van der Waals surface area contributed by atoms with E-state index in [1.807, 2.05) is 13.0 Å². The van der Waals surface area contributed by atoms with E-state index >= 15 is 0 Å². The van der Waals surface area contributed by atoms with Crippen LogP contribution in [0.1, 0.15) is 174 Å². The lowest BCUT2D eigenvalue weighted by Gasteiger charge is -2.23. The molecule has 0 aromatic rings. The number of ketones is 1. The van der Waals surface area contributed by atoms with Crippen molar-refractivity contribution in [1.82, 2.24) is 0 Å². The fraction of sp³-hybridized carbons (Fsp3) is 0.892. The predicted octanol–water partition coefficient (Wildman–Crippen LogP) is 8.05. The lowest BCUT2D eigenvalue weighted by Crippen LogP contribution is -2.33. The van der Waals surface area contributed by atoms with Crippen LogP contribution in [0.5, 0.6) is 0 Å². The summed E-state index contributed by atoms with van der Waals surface area (Å²) in [5.74, 6) is -0.0654. The first kappa shape index (κ1) is 38.9. The van der Waals surface area contributed by atoms with Gasteiger partial charge in [0.1, 0.15) is 11.9 Å². The van der Waals surface area contributed by atoms with Gasteiger partial charge in [-0.25, -0.2) is 4.79 Å². The van der Waals surface area contributed by atoms with Gasteiger partial charge in [-0.15, -0.1) is 0 Å². The Morgan fingerprint density at radius 3 is 1.84 bits per heavy atom. The van der Waals surface area contributed by atoms with Gasteiger partial charge in [0.05, 0.1) is 30.5 Å². The number of cyclic esters (lactones) is 1. The average Bonchev–Trinajstić information content (AvgIpc) is 3.62. The maximum absolute atomic E-state index is 12.1. The summed E-state index contributed by atoms with van der Waals surface area (Å²) < 4.78 is 11.1. The van der Waals surface area contributed by atoms with Crippen LogP contribution in [-0.4, -0.2) is 63.7 Å². The van der Waals surface area contributed by atoms with Gasteiger partial charge < -0.3 is 24.8 Å². The van der Waals surface area contributed by atoms with E-state index in [4.69, 9.17) is 9.47 Å². The van der Waals surface area contributed by atoms with Crippen LogP contribution in [0.2, 0.25) is 0 Å². The molecule has 1 saturated heterocycles. The Balaban J connectivity index is 1.39. The number of hydrogen-bond donors (Lipinski definition) is 3. The quantitative estimate of drug-likeness (QED) is 0.0598. The molecule has 2 aliphatic rings. The summed E-state index contributed by atoms with van der Waals surface area (Å²) >= 11 is 0. The molecule has 2 aliphatic heterocycles. The zero-order chi connectivity index (χ0) is 32.0. The van der Waals surface area contributed by atoms with Gasteiger partial charge in [-0.2, -0.15) is 0 Å². The number of hydrogen-bond acceptors (Lipinski definition) is 7. The number of ether oxygens (including phenoxy) is 2. The van der Waals surface area contributed by atoms with Crippen molar-refractivity contribution in [1.29, 1.82) is 0 Å². The molecule has 7 nitrogen and oxygen atoms in total. The molecule has 256 valence electrons. The third-order valence-corrected chi connectivity index (χ3v) is 9.47. The minimum atomic E-state index is -0.686. The SMILES string of the molecule is CCCCCCCCCCCC[C@H](O)[C@H]1CC[C@H]([C@H](O)CC(O)CCCCCCCCCC(=O)CCC2=C[C@H](C)OC2=O)O1. The van der Waals surface area contributed by atoms with Crippen molar-refractivity contribution in [2.24, 2.45) is 0 Å². The van der Waals surface area contributed by atoms with E-state index < -0.39 is 18.3 Å². The molecule has 44 heavy (non-hydrogen) atoms. The van der Waals surface area contributed by atoms with Gasteiger partial charge in [0.2, 0.25) is 0 Å². The zero-order valence-corrected chi connectivity index (χ0v) is 28.2. The van der Waals surface area contributed by atoms with E-state index in [1.54, 1.807) is 0 Å². The smallest absolute Gasteiger partial charge is 0.334 e. The Bertz CT molecular complexity index is 797. The summed E-state index contributed by atoms with van der Waals surface area (Å²) in [5, 5.41) is 31.7. The first-order valence-corrected chi connectivity index (χ1v) is 18.4. The predicted molar refractivity (Wildman–Crippen MR) is 176 cm³/mol.